The van der Waals surface area contributed by atoms with E-state index in [9.17, 15) is 9.59 Å². The Balaban J connectivity index is 1.83. The monoisotopic (exact) mass is 394 g/mol. The Bertz CT molecular complexity index is 967. The van der Waals surface area contributed by atoms with Gasteiger partial charge in [0.2, 0.25) is 0 Å². The number of nitrogens with zero attached hydrogens (tertiary/aromatic N) is 2. The molecule has 1 saturated carbocycles. The standard InChI is InChI=1S/C23H26N2O4/c1-4-15-12-25-10-9-22-16-7-5-6-8-18(16)24-20(22)19(25)11-17(15)23(22,21(27)28-3)13-29-14(2)26/h4-8,17,19H,9-13H2,1-3H3/t17-,19-,22+,23+/m0/s1. The van der Waals surface area contributed by atoms with Gasteiger partial charge in [-0.3, -0.25) is 19.5 Å². The number of carbonyl (C=O) groups excluding carboxylic acids is 2. The molecule has 6 heteroatoms. The summed E-state index contributed by atoms with van der Waals surface area (Å²) in [7, 11) is 1.44. The quantitative estimate of drug-likeness (QED) is 0.583. The minimum Gasteiger partial charge on any atom is -0.468 e. The van der Waals surface area contributed by atoms with Crippen molar-refractivity contribution in [2.24, 2.45) is 16.3 Å². The number of hydrogen-bond acceptors (Lipinski definition) is 6. The van der Waals surface area contributed by atoms with Gasteiger partial charge >= 0.3 is 11.9 Å². The number of methoxy groups -OCH3 is 1. The first-order chi connectivity index (χ1) is 14.0. The molecule has 0 amide bonds. The fourth-order valence-corrected chi connectivity index (χ4v) is 6.52. The minimum atomic E-state index is -1.01. The number of piperidine rings is 2. The lowest BCUT2D eigenvalue weighted by molar-refractivity contribution is -0.176. The third kappa shape index (κ3) is 2.13. The third-order valence-electron chi connectivity index (χ3n) is 7.64. The maximum atomic E-state index is 13.7. The molecule has 3 aliphatic heterocycles. The van der Waals surface area contributed by atoms with Crippen molar-refractivity contribution in [3.63, 3.8) is 0 Å². The van der Waals surface area contributed by atoms with Crippen LogP contribution < -0.4 is 0 Å². The van der Waals surface area contributed by atoms with Gasteiger partial charge in [-0.25, -0.2) is 0 Å². The molecule has 0 spiro atoms. The highest BCUT2D eigenvalue weighted by Gasteiger charge is 2.74. The zero-order valence-electron chi connectivity index (χ0n) is 17.1. The Morgan fingerprint density at radius 2 is 2.14 bits per heavy atom. The maximum absolute atomic E-state index is 13.7. The van der Waals surface area contributed by atoms with Gasteiger partial charge in [0, 0.05) is 31.6 Å². The van der Waals surface area contributed by atoms with E-state index in [2.05, 4.69) is 17.0 Å². The molecule has 3 heterocycles. The summed E-state index contributed by atoms with van der Waals surface area (Å²) < 4.78 is 11.1. The van der Waals surface area contributed by atoms with Gasteiger partial charge in [0.1, 0.15) is 12.0 Å². The average molecular weight is 394 g/mol. The van der Waals surface area contributed by atoms with Crippen LogP contribution in [-0.4, -0.2) is 55.4 Å². The molecule has 29 heavy (non-hydrogen) atoms. The normalized spacial score (nSPS) is 35.7. The third-order valence-corrected chi connectivity index (χ3v) is 7.64. The van der Waals surface area contributed by atoms with Crippen LogP contribution in [0.4, 0.5) is 5.69 Å². The summed E-state index contributed by atoms with van der Waals surface area (Å²) in [5, 5.41) is 0. The first-order valence-corrected chi connectivity index (χ1v) is 10.3. The molecule has 3 bridgehead atoms. The lowest BCUT2D eigenvalue weighted by Crippen LogP contribution is -2.75. The summed E-state index contributed by atoms with van der Waals surface area (Å²) in [6, 6.07) is 8.31. The van der Waals surface area contributed by atoms with E-state index in [1.807, 2.05) is 25.1 Å². The fraction of sp³-hybridized carbons (Fsp3) is 0.522. The largest absolute Gasteiger partial charge is 0.468 e. The van der Waals surface area contributed by atoms with E-state index in [-0.39, 0.29) is 30.5 Å². The molecule has 0 N–H and O–H groups in total. The predicted octanol–water partition coefficient (Wildman–Crippen LogP) is 2.79. The van der Waals surface area contributed by atoms with Crippen LogP contribution in [0.15, 0.2) is 40.9 Å². The SMILES string of the molecule is CC=C1CN2CC[C@]34C(=Nc5ccccc53)[C@@H]2C[C@@H]1[C@]4(COC(C)=O)C(=O)OC. The molecule has 0 aromatic heterocycles. The van der Waals surface area contributed by atoms with Crippen molar-refractivity contribution in [2.45, 2.75) is 38.1 Å². The first kappa shape index (κ1) is 18.6. The molecule has 2 saturated heterocycles. The van der Waals surface area contributed by atoms with E-state index in [1.165, 1.54) is 19.6 Å². The Morgan fingerprint density at radius 1 is 1.34 bits per heavy atom. The first-order valence-electron chi connectivity index (χ1n) is 10.3. The van der Waals surface area contributed by atoms with E-state index in [0.29, 0.717) is 0 Å². The van der Waals surface area contributed by atoms with Crippen LogP contribution in [0, 0.1) is 11.3 Å². The Hall–Kier alpha value is -2.47. The number of rotatable bonds is 3. The predicted molar refractivity (Wildman–Crippen MR) is 108 cm³/mol. The molecule has 0 radical (unpaired) electrons. The van der Waals surface area contributed by atoms with Gasteiger partial charge < -0.3 is 9.47 Å². The number of ether oxygens (including phenoxy) is 2. The highest BCUT2D eigenvalue weighted by atomic mass is 16.5. The van der Waals surface area contributed by atoms with Gasteiger partial charge in [-0.1, -0.05) is 29.8 Å². The van der Waals surface area contributed by atoms with E-state index in [4.69, 9.17) is 14.5 Å². The zero-order chi connectivity index (χ0) is 20.4. The topological polar surface area (TPSA) is 68.2 Å². The van der Waals surface area contributed by atoms with Crippen LogP contribution in [0.25, 0.3) is 0 Å². The summed E-state index contributed by atoms with van der Waals surface area (Å²) in [6.45, 7) is 5.13. The maximum Gasteiger partial charge on any atom is 0.317 e. The average Bonchev–Trinajstić information content (AvgIpc) is 3.09. The number of fused-ring (bicyclic) bond motifs is 2. The van der Waals surface area contributed by atoms with Crippen molar-refractivity contribution >= 4 is 23.3 Å². The molecule has 4 aliphatic rings. The van der Waals surface area contributed by atoms with Crippen molar-refractivity contribution in [1.29, 1.82) is 0 Å². The van der Waals surface area contributed by atoms with Crippen molar-refractivity contribution in [2.75, 3.05) is 26.8 Å². The second-order valence-electron chi connectivity index (χ2n) is 8.55. The molecule has 0 unspecified atom stereocenters. The minimum absolute atomic E-state index is 0.0110. The molecule has 1 aromatic rings. The molecule has 152 valence electrons. The summed E-state index contributed by atoms with van der Waals surface area (Å²) in [4.78, 5) is 33.1. The van der Waals surface area contributed by atoms with Gasteiger partial charge in [0.05, 0.1) is 24.3 Å². The lowest BCUT2D eigenvalue weighted by atomic mass is 9.43. The van der Waals surface area contributed by atoms with Crippen molar-refractivity contribution in [3.05, 3.63) is 41.5 Å². The second kappa shape index (κ2) is 6.26. The van der Waals surface area contributed by atoms with Crippen LogP contribution >= 0.6 is 0 Å². The number of esters is 2. The lowest BCUT2D eigenvalue weighted by Gasteiger charge is -2.64. The van der Waals surface area contributed by atoms with Gasteiger partial charge in [0.15, 0.2) is 0 Å². The van der Waals surface area contributed by atoms with Gasteiger partial charge in [0.25, 0.3) is 0 Å². The molecule has 1 aliphatic carbocycles. The molecular formula is C23H26N2O4. The zero-order valence-corrected chi connectivity index (χ0v) is 17.1. The summed E-state index contributed by atoms with van der Waals surface area (Å²) in [5.41, 5.74) is 2.65. The molecule has 3 fully saturated rings. The molecule has 1 aromatic carbocycles. The van der Waals surface area contributed by atoms with Gasteiger partial charge in [-0.2, -0.15) is 0 Å². The van der Waals surface area contributed by atoms with Crippen molar-refractivity contribution in [1.82, 2.24) is 4.90 Å². The second-order valence-corrected chi connectivity index (χ2v) is 8.55. The molecule has 5 rings (SSSR count). The van der Waals surface area contributed by atoms with Gasteiger partial charge in [-0.15, -0.1) is 0 Å². The van der Waals surface area contributed by atoms with E-state index >= 15 is 0 Å². The smallest absolute Gasteiger partial charge is 0.317 e. The summed E-state index contributed by atoms with van der Waals surface area (Å²) >= 11 is 0. The van der Waals surface area contributed by atoms with Crippen molar-refractivity contribution < 1.29 is 19.1 Å². The number of carbonyl (C=O) groups is 2. The number of para-hydroxylation sites is 1. The Labute approximate surface area is 170 Å². The fourth-order valence-electron chi connectivity index (χ4n) is 6.52. The van der Waals surface area contributed by atoms with Crippen LogP contribution in [0.3, 0.4) is 0 Å². The number of aliphatic imine (C=N–C) groups is 1. The molecule has 6 nitrogen and oxygen atoms in total. The Morgan fingerprint density at radius 3 is 2.86 bits per heavy atom. The van der Waals surface area contributed by atoms with Gasteiger partial charge in [-0.05, 0) is 31.4 Å². The Kier molecular flexibility index (Phi) is 4.01. The highest BCUT2D eigenvalue weighted by Crippen LogP contribution is 2.66. The summed E-state index contributed by atoms with van der Waals surface area (Å²) in [5.74, 6) is -0.737. The van der Waals surface area contributed by atoms with E-state index < -0.39 is 10.8 Å². The van der Waals surface area contributed by atoms with E-state index in [1.54, 1.807) is 0 Å². The summed E-state index contributed by atoms with van der Waals surface area (Å²) in [6.07, 6.45) is 3.69. The molecule has 4 atom stereocenters. The number of benzene rings is 1. The van der Waals surface area contributed by atoms with Crippen molar-refractivity contribution in [3.8, 4) is 0 Å². The van der Waals surface area contributed by atoms with E-state index in [0.717, 1.165) is 42.9 Å². The van der Waals surface area contributed by atoms with Crippen LogP contribution in [0.5, 0.6) is 0 Å². The highest BCUT2D eigenvalue weighted by molar-refractivity contribution is 6.11. The van der Waals surface area contributed by atoms with Crippen LogP contribution in [-0.2, 0) is 24.5 Å². The molecular weight excluding hydrogens is 368 g/mol. The van der Waals surface area contributed by atoms with Crippen LogP contribution in [0.1, 0.15) is 32.3 Å². The number of hydrogen-bond donors (Lipinski definition) is 0. The number of allylic oxidation sites excluding steroid dienone is 1. The van der Waals surface area contributed by atoms with Crippen LogP contribution in [0.2, 0.25) is 0 Å².